The summed E-state index contributed by atoms with van der Waals surface area (Å²) in [6.07, 6.45) is 13.2. The van der Waals surface area contributed by atoms with Crippen LogP contribution in [-0.2, 0) is 0 Å². The molecule has 0 aromatic rings. The van der Waals surface area contributed by atoms with Gasteiger partial charge in [-0.05, 0) is 32.1 Å². The predicted molar refractivity (Wildman–Crippen MR) is 48.3 cm³/mol. The van der Waals surface area contributed by atoms with Gasteiger partial charge in [-0.3, -0.25) is 0 Å². The minimum atomic E-state index is 0.767. The second kappa shape index (κ2) is 2.69. The van der Waals surface area contributed by atoms with Crippen molar-refractivity contribution < 1.29 is 0 Å². The smallest absolute Gasteiger partial charge is 0.00168 e. The van der Waals surface area contributed by atoms with E-state index in [1.54, 1.807) is 5.57 Å². The highest BCUT2D eigenvalue weighted by atomic mass is 14.2. The van der Waals surface area contributed by atoms with Crippen molar-refractivity contribution in [3.05, 3.63) is 35.5 Å². The lowest BCUT2D eigenvalue weighted by atomic mass is 10.0. The molecule has 0 spiro atoms. The first-order valence-corrected chi connectivity index (χ1v) is 4.42. The van der Waals surface area contributed by atoms with Crippen LogP contribution in [0.3, 0.4) is 0 Å². The van der Waals surface area contributed by atoms with E-state index in [4.69, 9.17) is 0 Å². The van der Waals surface area contributed by atoms with Gasteiger partial charge in [0.15, 0.2) is 0 Å². The van der Waals surface area contributed by atoms with Crippen molar-refractivity contribution >= 4 is 0 Å². The Balaban J connectivity index is 2.31. The number of allylic oxidation sites excluding steroid dienone is 6. The van der Waals surface area contributed by atoms with Crippen molar-refractivity contribution in [2.45, 2.75) is 26.2 Å². The second-order valence-corrected chi connectivity index (χ2v) is 3.51. The fraction of sp³-hybridized carbons (Fsp3) is 0.455. The Morgan fingerprint density at radius 1 is 1.36 bits per heavy atom. The molecule has 1 unspecified atom stereocenters. The van der Waals surface area contributed by atoms with Crippen molar-refractivity contribution in [3.63, 3.8) is 0 Å². The van der Waals surface area contributed by atoms with Gasteiger partial charge >= 0.3 is 0 Å². The molecule has 0 aromatic heterocycles. The summed E-state index contributed by atoms with van der Waals surface area (Å²) >= 11 is 0. The molecule has 0 aromatic carbocycles. The maximum absolute atomic E-state index is 2.36. The zero-order valence-corrected chi connectivity index (χ0v) is 7.01. The van der Waals surface area contributed by atoms with Crippen LogP contribution in [-0.4, -0.2) is 0 Å². The van der Waals surface area contributed by atoms with Gasteiger partial charge in [-0.2, -0.15) is 0 Å². The van der Waals surface area contributed by atoms with Crippen LogP contribution in [0.4, 0.5) is 0 Å². The molecule has 0 heterocycles. The topological polar surface area (TPSA) is 0 Å². The van der Waals surface area contributed by atoms with Crippen molar-refractivity contribution in [2.24, 2.45) is 5.92 Å². The lowest BCUT2D eigenvalue weighted by Gasteiger charge is -2.02. The lowest BCUT2D eigenvalue weighted by molar-refractivity contribution is 0.766. The van der Waals surface area contributed by atoms with E-state index in [1.165, 1.54) is 24.8 Å². The number of rotatable bonds is 0. The predicted octanol–water partition coefficient (Wildman–Crippen LogP) is 3.23. The third-order valence-corrected chi connectivity index (χ3v) is 2.61. The van der Waals surface area contributed by atoms with Crippen LogP contribution < -0.4 is 0 Å². The van der Waals surface area contributed by atoms with E-state index < -0.39 is 0 Å². The minimum Gasteiger partial charge on any atom is -0.0771 e. The average Bonchev–Trinajstić information content (AvgIpc) is 2.38. The molecule has 1 fully saturated rings. The monoisotopic (exact) mass is 146 g/mol. The van der Waals surface area contributed by atoms with Crippen molar-refractivity contribution in [2.75, 3.05) is 0 Å². The van der Waals surface area contributed by atoms with E-state index in [9.17, 15) is 0 Å². The van der Waals surface area contributed by atoms with Crippen LogP contribution in [0.2, 0.25) is 0 Å². The zero-order valence-electron chi connectivity index (χ0n) is 7.01. The van der Waals surface area contributed by atoms with Crippen LogP contribution in [0.1, 0.15) is 26.2 Å². The summed E-state index contributed by atoms with van der Waals surface area (Å²) in [6.45, 7) is 2.16. The Morgan fingerprint density at radius 2 is 2.27 bits per heavy atom. The summed E-state index contributed by atoms with van der Waals surface area (Å²) in [5, 5.41) is 0. The molecule has 0 N–H and O–H groups in total. The third kappa shape index (κ3) is 1.30. The molecule has 0 bridgehead atoms. The van der Waals surface area contributed by atoms with Gasteiger partial charge in [0.2, 0.25) is 0 Å². The van der Waals surface area contributed by atoms with Crippen LogP contribution in [0.15, 0.2) is 35.5 Å². The molecule has 11 heavy (non-hydrogen) atoms. The lowest BCUT2D eigenvalue weighted by Crippen LogP contribution is -1.88. The number of fused-ring (bicyclic) bond motifs is 1. The van der Waals surface area contributed by atoms with Crippen molar-refractivity contribution in [3.8, 4) is 0 Å². The Hall–Kier alpha value is -0.780. The highest BCUT2D eigenvalue weighted by Gasteiger charge is 2.18. The molecular weight excluding hydrogens is 132 g/mol. The maximum Gasteiger partial charge on any atom is -0.00168 e. The molecule has 0 heteroatoms. The van der Waals surface area contributed by atoms with E-state index in [0.29, 0.717) is 0 Å². The third-order valence-electron chi connectivity index (χ3n) is 2.61. The van der Waals surface area contributed by atoms with E-state index in [1.807, 2.05) is 0 Å². The van der Waals surface area contributed by atoms with Crippen molar-refractivity contribution in [1.82, 2.24) is 0 Å². The molecule has 0 aliphatic heterocycles. The summed E-state index contributed by atoms with van der Waals surface area (Å²) in [4.78, 5) is 0. The molecule has 2 rings (SSSR count). The standard InChI is InChI=1S/C11H14/c1-9-5-7-10-3-2-4-11(10)8-6-9/h5-8,10H,2-4H2,1H3. The molecule has 1 atom stereocenters. The van der Waals surface area contributed by atoms with Gasteiger partial charge in [0.1, 0.15) is 0 Å². The van der Waals surface area contributed by atoms with Crippen LogP contribution in [0.25, 0.3) is 0 Å². The first-order chi connectivity index (χ1) is 5.36. The molecule has 0 nitrogen and oxygen atoms in total. The van der Waals surface area contributed by atoms with E-state index in [-0.39, 0.29) is 0 Å². The zero-order chi connectivity index (χ0) is 7.68. The molecule has 0 amide bonds. The normalized spacial score (nSPS) is 29.0. The number of hydrogen-bond acceptors (Lipinski definition) is 0. The quantitative estimate of drug-likeness (QED) is 0.492. The Kier molecular flexibility index (Phi) is 1.69. The summed E-state index contributed by atoms with van der Waals surface area (Å²) in [5.74, 6) is 0.767. The fourth-order valence-corrected chi connectivity index (χ4v) is 1.89. The molecule has 58 valence electrons. The number of hydrogen-bond donors (Lipinski definition) is 0. The van der Waals surface area contributed by atoms with Gasteiger partial charge in [-0.15, -0.1) is 0 Å². The van der Waals surface area contributed by atoms with Crippen LogP contribution >= 0.6 is 0 Å². The van der Waals surface area contributed by atoms with Crippen LogP contribution in [0, 0.1) is 5.92 Å². The second-order valence-electron chi connectivity index (χ2n) is 3.51. The molecule has 2 aliphatic carbocycles. The van der Waals surface area contributed by atoms with Crippen LogP contribution in [0.5, 0.6) is 0 Å². The van der Waals surface area contributed by atoms with Gasteiger partial charge < -0.3 is 0 Å². The van der Waals surface area contributed by atoms with Gasteiger partial charge in [-0.1, -0.05) is 35.5 Å². The van der Waals surface area contributed by atoms with Crippen molar-refractivity contribution in [1.29, 1.82) is 0 Å². The molecule has 2 aliphatic rings. The SMILES string of the molecule is CC1=CC=C2CCCC2C=C1. The van der Waals surface area contributed by atoms with Gasteiger partial charge in [0.05, 0.1) is 0 Å². The average molecular weight is 146 g/mol. The summed E-state index contributed by atoms with van der Waals surface area (Å²) in [6, 6.07) is 0. The van der Waals surface area contributed by atoms with E-state index >= 15 is 0 Å². The minimum absolute atomic E-state index is 0.767. The highest BCUT2D eigenvalue weighted by molar-refractivity contribution is 5.33. The van der Waals surface area contributed by atoms with Gasteiger partial charge in [-0.25, -0.2) is 0 Å². The summed E-state index contributed by atoms with van der Waals surface area (Å²) < 4.78 is 0. The van der Waals surface area contributed by atoms with Gasteiger partial charge in [0.25, 0.3) is 0 Å². The molecule has 1 saturated carbocycles. The molecule has 0 radical (unpaired) electrons. The summed E-state index contributed by atoms with van der Waals surface area (Å²) in [5.41, 5.74) is 3.02. The first-order valence-electron chi connectivity index (χ1n) is 4.42. The fourth-order valence-electron chi connectivity index (χ4n) is 1.89. The Bertz CT molecular complexity index is 241. The summed E-state index contributed by atoms with van der Waals surface area (Å²) in [7, 11) is 0. The maximum atomic E-state index is 2.36. The van der Waals surface area contributed by atoms with Gasteiger partial charge in [0, 0.05) is 0 Å². The van der Waals surface area contributed by atoms with E-state index in [0.717, 1.165) is 5.92 Å². The molecule has 0 saturated heterocycles. The Labute approximate surface area is 68.3 Å². The largest absolute Gasteiger partial charge is 0.0771 e. The Morgan fingerprint density at radius 3 is 3.18 bits per heavy atom. The van der Waals surface area contributed by atoms with E-state index in [2.05, 4.69) is 31.2 Å². The molecular formula is C11H14. The first kappa shape index (κ1) is 6.90. The highest BCUT2D eigenvalue weighted by Crippen LogP contribution is 2.33.